The van der Waals surface area contributed by atoms with Crippen molar-refractivity contribution in [2.45, 2.75) is 39.5 Å². The number of unbranched alkanes of at least 4 members (excludes halogenated alkanes) is 3. The molecule has 164 valence electrons. The largest absolute Gasteiger partial charge is 0.493 e. The maximum atomic E-state index is 12.4. The van der Waals surface area contributed by atoms with E-state index in [9.17, 15) is 4.79 Å². The molecule has 0 atom stereocenters. The number of esters is 1. The topological polar surface area (TPSA) is 66.3 Å². The van der Waals surface area contributed by atoms with Crippen LogP contribution in [0.1, 0.15) is 50.7 Å². The second-order valence-electron chi connectivity index (χ2n) is 7.08. The quantitative estimate of drug-likeness (QED) is 0.275. The summed E-state index contributed by atoms with van der Waals surface area (Å²) in [6.45, 7) is 5.24. The number of hydrogen-bond acceptors (Lipinski definition) is 6. The van der Waals surface area contributed by atoms with Gasteiger partial charge in [-0.3, -0.25) is 0 Å². The molecule has 6 heteroatoms. The van der Waals surface area contributed by atoms with Crippen molar-refractivity contribution in [3.63, 3.8) is 0 Å². The molecule has 0 fully saturated rings. The van der Waals surface area contributed by atoms with Gasteiger partial charge in [0.1, 0.15) is 5.75 Å². The van der Waals surface area contributed by atoms with Gasteiger partial charge in [-0.1, -0.05) is 44.4 Å². The Balaban J connectivity index is 1.77. The Morgan fingerprint density at radius 2 is 1.81 bits per heavy atom. The van der Waals surface area contributed by atoms with E-state index in [-0.39, 0.29) is 11.6 Å². The van der Waals surface area contributed by atoms with Crippen LogP contribution in [0.2, 0.25) is 0 Å². The lowest BCUT2D eigenvalue weighted by molar-refractivity contribution is -0.129. The molecule has 3 rings (SSSR count). The fourth-order valence-electron chi connectivity index (χ4n) is 3.21. The number of benzene rings is 2. The van der Waals surface area contributed by atoms with Gasteiger partial charge in [-0.05, 0) is 49.2 Å². The zero-order valence-corrected chi connectivity index (χ0v) is 18.3. The lowest BCUT2D eigenvalue weighted by Crippen LogP contribution is -2.07. The van der Waals surface area contributed by atoms with Crippen molar-refractivity contribution in [3.8, 4) is 17.2 Å². The summed E-state index contributed by atoms with van der Waals surface area (Å²) in [6.07, 6.45) is 6.23. The molecule has 0 saturated carbocycles. The molecule has 31 heavy (non-hydrogen) atoms. The van der Waals surface area contributed by atoms with Crippen molar-refractivity contribution >= 4 is 17.9 Å². The molecular formula is C25H29NO5. The first-order valence-electron chi connectivity index (χ1n) is 10.7. The smallest absolute Gasteiger partial charge is 0.363 e. The summed E-state index contributed by atoms with van der Waals surface area (Å²) in [5.41, 5.74) is 1.63. The summed E-state index contributed by atoms with van der Waals surface area (Å²) in [5, 5.41) is 0. The number of rotatable bonds is 11. The van der Waals surface area contributed by atoms with Gasteiger partial charge in [-0.15, -0.1) is 0 Å². The molecule has 1 aliphatic rings. The Bertz CT molecular complexity index is 964. The summed E-state index contributed by atoms with van der Waals surface area (Å²) >= 11 is 0. The van der Waals surface area contributed by atoms with Crippen molar-refractivity contribution in [2.75, 3.05) is 20.3 Å². The minimum atomic E-state index is -0.503. The van der Waals surface area contributed by atoms with Gasteiger partial charge in [0.05, 0.1) is 25.9 Å². The third-order valence-corrected chi connectivity index (χ3v) is 4.78. The maximum absolute atomic E-state index is 12.4. The number of carbonyl (C=O) groups excluding carboxylic acids is 1. The van der Waals surface area contributed by atoms with Crippen molar-refractivity contribution in [1.29, 1.82) is 0 Å². The highest BCUT2D eigenvalue weighted by Crippen LogP contribution is 2.30. The molecule has 0 unspecified atom stereocenters. The minimum absolute atomic E-state index is 0.219. The molecule has 2 aromatic rings. The van der Waals surface area contributed by atoms with Crippen LogP contribution >= 0.6 is 0 Å². The number of cyclic esters (lactones) is 1. The molecule has 0 bridgehead atoms. The summed E-state index contributed by atoms with van der Waals surface area (Å²) in [7, 11) is 1.60. The average molecular weight is 424 g/mol. The van der Waals surface area contributed by atoms with Crippen LogP contribution in [-0.2, 0) is 9.53 Å². The first-order chi connectivity index (χ1) is 15.2. The summed E-state index contributed by atoms with van der Waals surface area (Å²) < 4.78 is 22.3. The second-order valence-corrected chi connectivity index (χ2v) is 7.08. The fourth-order valence-corrected chi connectivity index (χ4v) is 3.21. The van der Waals surface area contributed by atoms with E-state index in [4.69, 9.17) is 18.9 Å². The van der Waals surface area contributed by atoms with Crippen LogP contribution in [0, 0.1) is 0 Å². The molecule has 2 aromatic carbocycles. The predicted molar refractivity (Wildman–Crippen MR) is 121 cm³/mol. The van der Waals surface area contributed by atoms with Crippen LogP contribution in [-0.4, -0.2) is 32.2 Å². The molecule has 6 nitrogen and oxygen atoms in total. The Hall–Kier alpha value is -3.28. The monoisotopic (exact) mass is 423 g/mol. The minimum Gasteiger partial charge on any atom is -0.493 e. The molecule has 0 radical (unpaired) electrons. The van der Waals surface area contributed by atoms with Gasteiger partial charge in [-0.2, -0.15) is 0 Å². The number of ether oxygens (including phenoxy) is 4. The molecule has 1 aliphatic heterocycles. The first-order valence-corrected chi connectivity index (χ1v) is 10.7. The summed E-state index contributed by atoms with van der Waals surface area (Å²) in [4.78, 5) is 16.8. The van der Waals surface area contributed by atoms with Gasteiger partial charge in [0, 0.05) is 0 Å². The highest BCUT2D eigenvalue weighted by Gasteiger charge is 2.26. The van der Waals surface area contributed by atoms with Gasteiger partial charge in [-0.25, -0.2) is 9.79 Å². The van der Waals surface area contributed by atoms with Gasteiger partial charge in [0.2, 0.25) is 5.90 Å². The number of aliphatic imine (C=N–C) groups is 1. The van der Waals surface area contributed by atoms with E-state index in [2.05, 4.69) is 11.9 Å². The van der Waals surface area contributed by atoms with Crippen LogP contribution < -0.4 is 14.2 Å². The van der Waals surface area contributed by atoms with Crippen LogP contribution in [0.25, 0.3) is 6.08 Å². The highest BCUT2D eigenvalue weighted by molar-refractivity contribution is 6.13. The van der Waals surface area contributed by atoms with Gasteiger partial charge in [0.15, 0.2) is 17.2 Å². The van der Waals surface area contributed by atoms with Gasteiger partial charge in [0.25, 0.3) is 0 Å². The van der Waals surface area contributed by atoms with Crippen molar-refractivity contribution in [1.82, 2.24) is 0 Å². The molecule has 0 amide bonds. The number of hydrogen-bond donors (Lipinski definition) is 0. The third-order valence-electron chi connectivity index (χ3n) is 4.78. The van der Waals surface area contributed by atoms with Crippen LogP contribution in [0.15, 0.2) is 53.2 Å². The zero-order chi connectivity index (χ0) is 22.1. The summed E-state index contributed by atoms with van der Waals surface area (Å²) in [5.74, 6) is 1.66. The first kappa shape index (κ1) is 22.4. The van der Waals surface area contributed by atoms with E-state index in [0.717, 1.165) is 18.4 Å². The standard InChI is InChI=1S/C25H29NO5/c1-4-6-7-10-15-30-22-14-13-18(17-23(22)28-3)16-20-25(27)31-24(26-20)19-11-8-9-12-21(19)29-5-2/h8-9,11-14,16-17H,4-7,10,15H2,1-3H3/b20-16+. The van der Waals surface area contributed by atoms with E-state index in [1.165, 1.54) is 12.8 Å². The van der Waals surface area contributed by atoms with Gasteiger partial charge < -0.3 is 18.9 Å². The maximum Gasteiger partial charge on any atom is 0.363 e. The van der Waals surface area contributed by atoms with E-state index in [0.29, 0.717) is 36.0 Å². The molecule has 0 N–H and O–H groups in total. The molecule has 1 heterocycles. The zero-order valence-electron chi connectivity index (χ0n) is 18.3. The lowest BCUT2D eigenvalue weighted by Gasteiger charge is -2.11. The fraction of sp³-hybridized carbons (Fsp3) is 0.360. The van der Waals surface area contributed by atoms with E-state index in [1.54, 1.807) is 13.2 Å². The number of para-hydroxylation sites is 1. The molecule has 0 aromatic heterocycles. The molecule has 0 saturated heterocycles. The Kier molecular flexibility index (Phi) is 8.10. The van der Waals surface area contributed by atoms with Crippen LogP contribution in [0.3, 0.4) is 0 Å². The average Bonchev–Trinajstić information content (AvgIpc) is 3.14. The Morgan fingerprint density at radius 3 is 2.58 bits per heavy atom. The van der Waals surface area contributed by atoms with Crippen molar-refractivity contribution < 1.29 is 23.7 Å². The van der Waals surface area contributed by atoms with E-state index in [1.807, 2.05) is 49.4 Å². The second kappa shape index (κ2) is 11.2. The number of nitrogens with zero attached hydrogens (tertiary/aromatic N) is 1. The van der Waals surface area contributed by atoms with Crippen LogP contribution in [0.5, 0.6) is 17.2 Å². The Morgan fingerprint density at radius 1 is 0.968 bits per heavy atom. The molecular weight excluding hydrogens is 394 g/mol. The molecule has 0 spiro atoms. The number of methoxy groups -OCH3 is 1. The summed E-state index contributed by atoms with van der Waals surface area (Å²) in [6, 6.07) is 12.9. The number of carbonyl (C=O) groups is 1. The van der Waals surface area contributed by atoms with Gasteiger partial charge >= 0.3 is 5.97 Å². The third kappa shape index (κ3) is 5.87. The van der Waals surface area contributed by atoms with Crippen molar-refractivity contribution in [3.05, 3.63) is 59.3 Å². The highest BCUT2D eigenvalue weighted by atomic mass is 16.6. The normalized spacial score (nSPS) is 14.4. The predicted octanol–water partition coefficient (Wildman–Crippen LogP) is 5.40. The SMILES string of the molecule is CCCCCCOc1ccc(/C=C2/N=C(c3ccccc3OCC)OC2=O)cc1OC. The van der Waals surface area contributed by atoms with E-state index >= 15 is 0 Å². The Labute approximate surface area is 183 Å². The lowest BCUT2D eigenvalue weighted by atomic mass is 10.1. The van der Waals surface area contributed by atoms with Crippen molar-refractivity contribution in [2.24, 2.45) is 4.99 Å². The van der Waals surface area contributed by atoms with Crippen LogP contribution in [0.4, 0.5) is 0 Å². The van der Waals surface area contributed by atoms with E-state index < -0.39 is 5.97 Å². The molecule has 0 aliphatic carbocycles.